The van der Waals surface area contributed by atoms with Gasteiger partial charge in [-0.25, -0.2) is 5.43 Å². The average molecular weight is 321 g/mol. The fourth-order valence-electron chi connectivity index (χ4n) is 2.39. The minimum atomic E-state index is -0.428. The molecule has 24 heavy (non-hydrogen) atoms. The molecule has 0 fully saturated rings. The minimum absolute atomic E-state index is 0.0780. The highest BCUT2D eigenvalue weighted by Crippen LogP contribution is 2.19. The fourth-order valence-corrected chi connectivity index (χ4v) is 2.39. The van der Waals surface area contributed by atoms with E-state index in [1.165, 1.54) is 12.4 Å². The normalized spacial score (nSPS) is 11.0. The summed E-state index contributed by atoms with van der Waals surface area (Å²) in [7, 11) is 0. The maximum absolute atomic E-state index is 11.9. The third kappa shape index (κ3) is 3.30. The van der Waals surface area contributed by atoms with E-state index in [1.807, 2.05) is 24.3 Å². The lowest BCUT2D eigenvalue weighted by molar-refractivity contribution is -0.118. The van der Waals surface area contributed by atoms with Crippen molar-refractivity contribution in [3.8, 4) is 0 Å². The molecule has 2 amide bonds. The van der Waals surface area contributed by atoms with Gasteiger partial charge in [0, 0.05) is 28.9 Å². The summed E-state index contributed by atoms with van der Waals surface area (Å²) in [5, 5.41) is 4.88. The number of benzene rings is 1. The van der Waals surface area contributed by atoms with Crippen molar-refractivity contribution in [1.29, 1.82) is 0 Å². The van der Waals surface area contributed by atoms with Gasteiger partial charge in [0.25, 0.3) is 5.91 Å². The Hall–Kier alpha value is -3.48. The third-order valence-corrected chi connectivity index (χ3v) is 3.41. The van der Waals surface area contributed by atoms with Gasteiger partial charge < -0.3 is 10.3 Å². The molecule has 2 aromatic heterocycles. The first-order valence-electron chi connectivity index (χ1n) is 7.26. The number of pyridine rings is 1. The van der Waals surface area contributed by atoms with Gasteiger partial charge in [0.2, 0.25) is 5.91 Å². The van der Waals surface area contributed by atoms with Crippen LogP contribution in [-0.2, 0) is 11.3 Å². The van der Waals surface area contributed by atoms with Crippen LogP contribution < -0.4 is 11.2 Å². The number of fused-ring (bicyclic) bond motifs is 1. The van der Waals surface area contributed by atoms with Gasteiger partial charge in [-0.05, 0) is 18.2 Å². The first-order valence-corrected chi connectivity index (χ1v) is 7.26. The zero-order valence-corrected chi connectivity index (χ0v) is 12.7. The van der Waals surface area contributed by atoms with Crippen LogP contribution in [0.15, 0.2) is 60.0 Å². The molecule has 0 radical (unpaired) electrons. The number of para-hydroxylation sites is 1. The number of hydrogen-bond acceptors (Lipinski definition) is 4. The Bertz CT molecular complexity index is 915. The lowest BCUT2D eigenvalue weighted by Gasteiger charge is -2.00. The molecule has 120 valence electrons. The van der Waals surface area contributed by atoms with E-state index < -0.39 is 11.8 Å². The second kappa shape index (κ2) is 6.74. The largest absolute Gasteiger partial charge is 0.368 e. The number of amides is 2. The lowest BCUT2D eigenvalue weighted by atomic mass is 10.2. The summed E-state index contributed by atoms with van der Waals surface area (Å²) in [5.74, 6) is -0.824. The summed E-state index contributed by atoms with van der Waals surface area (Å²) in [6, 6.07) is 12.6. The summed E-state index contributed by atoms with van der Waals surface area (Å²) < 4.78 is 1.75. The molecule has 7 heteroatoms. The van der Waals surface area contributed by atoms with Crippen molar-refractivity contribution in [3.05, 3.63) is 66.1 Å². The van der Waals surface area contributed by atoms with Crippen molar-refractivity contribution in [2.45, 2.75) is 6.54 Å². The Morgan fingerprint density at radius 1 is 1.21 bits per heavy atom. The molecule has 0 aliphatic carbocycles. The van der Waals surface area contributed by atoms with Crippen LogP contribution in [0.4, 0.5) is 0 Å². The number of rotatable bonds is 5. The van der Waals surface area contributed by atoms with Gasteiger partial charge in [0.15, 0.2) is 0 Å². The Morgan fingerprint density at radius 3 is 2.75 bits per heavy atom. The molecule has 7 nitrogen and oxygen atoms in total. The first kappa shape index (κ1) is 15.4. The Labute approximate surface area is 137 Å². The Balaban J connectivity index is 1.82. The average Bonchev–Trinajstić information content (AvgIpc) is 2.93. The van der Waals surface area contributed by atoms with Gasteiger partial charge >= 0.3 is 0 Å². The number of primary amides is 1. The highest BCUT2D eigenvalue weighted by atomic mass is 16.2. The van der Waals surface area contributed by atoms with Gasteiger partial charge in [0.1, 0.15) is 12.2 Å². The number of aromatic nitrogens is 2. The van der Waals surface area contributed by atoms with Gasteiger partial charge in [-0.1, -0.05) is 24.3 Å². The number of nitrogens with one attached hydrogen (secondary N) is 1. The van der Waals surface area contributed by atoms with E-state index in [2.05, 4.69) is 15.5 Å². The topological polar surface area (TPSA) is 102 Å². The minimum Gasteiger partial charge on any atom is -0.368 e. The Kier molecular flexibility index (Phi) is 4.33. The molecule has 0 unspecified atom stereocenters. The van der Waals surface area contributed by atoms with E-state index >= 15 is 0 Å². The van der Waals surface area contributed by atoms with Crippen molar-refractivity contribution >= 4 is 28.9 Å². The molecule has 1 aromatic carbocycles. The molecule has 0 atom stereocenters. The SMILES string of the molecule is NC(=O)Cn1cc(/C=N/NC(=O)c2ccccn2)c2ccccc21. The van der Waals surface area contributed by atoms with Crippen molar-refractivity contribution in [2.24, 2.45) is 10.8 Å². The fraction of sp³-hybridized carbons (Fsp3) is 0.0588. The van der Waals surface area contributed by atoms with Gasteiger partial charge in [-0.15, -0.1) is 0 Å². The van der Waals surface area contributed by atoms with E-state index in [9.17, 15) is 9.59 Å². The molecular weight excluding hydrogens is 306 g/mol. The smallest absolute Gasteiger partial charge is 0.289 e. The number of nitrogens with zero attached hydrogens (tertiary/aromatic N) is 3. The maximum Gasteiger partial charge on any atom is 0.289 e. The zero-order chi connectivity index (χ0) is 16.9. The van der Waals surface area contributed by atoms with E-state index in [0.717, 1.165) is 16.5 Å². The summed E-state index contributed by atoms with van der Waals surface area (Å²) in [6.45, 7) is 0.0780. The summed E-state index contributed by atoms with van der Waals surface area (Å²) in [4.78, 5) is 27.0. The number of nitrogens with two attached hydrogens (primary N) is 1. The predicted molar refractivity (Wildman–Crippen MR) is 90.4 cm³/mol. The van der Waals surface area contributed by atoms with Gasteiger partial charge in [-0.3, -0.25) is 14.6 Å². The van der Waals surface area contributed by atoms with E-state index in [0.29, 0.717) is 0 Å². The molecule has 0 aliphatic rings. The summed E-state index contributed by atoms with van der Waals surface area (Å²) in [5.41, 5.74) is 9.62. The molecular formula is C17H15N5O2. The Morgan fingerprint density at radius 2 is 2.00 bits per heavy atom. The number of carbonyl (C=O) groups excluding carboxylic acids is 2. The van der Waals surface area contributed by atoms with Crippen LogP contribution in [0.1, 0.15) is 16.1 Å². The van der Waals surface area contributed by atoms with Crippen molar-refractivity contribution < 1.29 is 9.59 Å². The van der Waals surface area contributed by atoms with Crippen LogP contribution in [0, 0.1) is 0 Å². The van der Waals surface area contributed by atoms with Crippen LogP contribution >= 0.6 is 0 Å². The molecule has 0 aliphatic heterocycles. The molecule has 0 spiro atoms. The molecule has 2 heterocycles. The molecule has 3 rings (SSSR count). The highest BCUT2D eigenvalue weighted by molar-refractivity contribution is 6.00. The molecule has 0 bridgehead atoms. The van der Waals surface area contributed by atoms with E-state index in [-0.39, 0.29) is 12.2 Å². The second-order valence-corrected chi connectivity index (χ2v) is 5.11. The summed E-state index contributed by atoms with van der Waals surface area (Å²) in [6.07, 6.45) is 4.84. The van der Waals surface area contributed by atoms with Crippen molar-refractivity contribution in [3.63, 3.8) is 0 Å². The van der Waals surface area contributed by atoms with Crippen LogP contribution in [0.5, 0.6) is 0 Å². The van der Waals surface area contributed by atoms with Gasteiger partial charge in [-0.2, -0.15) is 5.10 Å². The van der Waals surface area contributed by atoms with Crippen molar-refractivity contribution in [1.82, 2.24) is 15.0 Å². The third-order valence-electron chi connectivity index (χ3n) is 3.41. The van der Waals surface area contributed by atoms with Crippen LogP contribution in [-0.4, -0.2) is 27.6 Å². The number of carbonyl (C=O) groups is 2. The highest BCUT2D eigenvalue weighted by Gasteiger charge is 2.08. The zero-order valence-electron chi connectivity index (χ0n) is 12.7. The standard InChI is InChI=1S/C17H15N5O2/c18-16(23)11-22-10-12(13-5-1-2-7-15(13)22)9-20-21-17(24)14-6-3-4-8-19-14/h1-10H,11H2,(H2,18,23)(H,21,24)/b20-9+. The van der Waals surface area contributed by atoms with Crippen LogP contribution in [0.3, 0.4) is 0 Å². The molecule has 0 saturated carbocycles. The predicted octanol–water partition coefficient (Wildman–Crippen LogP) is 1.29. The molecule has 0 saturated heterocycles. The van der Waals surface area contributed by atoms with Crippen LogP contribution in [0.25, 0.3) is 10.9 Å². The molecule has 3 aromatic rings. The quantitative estimate of drug-likeness (QED) is 0.546. The molecule has 3 N–H and O–H groups in total. The van der Waals surface area contributed by atoms with E-state index in [4.69, 9.17) is 5.73 Å². The second-order valence-electron chi connectivity index (χ2n) is 5.11. The number of hydrogen-bond donors (Lipinski definition) is 2. The lowest BCUT2D eigenvalue weighted by Crippen LogP contribution is -2.18. The first-order chi connectivity index (χ1) is 11.6. The van der Waals surface area contributed by atoms with Crippen LogP contribution in [0.2, 0.25) is 0 Å². The van der Waals surface area contributed by atoms with Crippen molar-refractivity contribution in [2.75, 3.05) is 0 Å². The number of hydrazone groups is 1. The summed E-state index contributed by atoms with van der Waals surface area (Å²) >= 11 is 0. The maximum atomic E-state index is 11.9. The monoisotopic (exact) mass is 321 g/mol. The van der Waals surface area contributed by atoms with Gasteiger partial charge in [0.05, 0.1) is 6.21 Å². The van der Waals surface area contributed by atoms with E-state index in [1.54, 1.807) is 29.0 Å².